The topological polar surface area (TPSA) is 138 Å². The Hall–Kier alpha value is -2.98. The molecule has 4 amide bonds. The molecule has 11 nitrogen and oxygen atoms in total. The second-order valence-corrected chi connectivity index (χ2v) is 5.13. The molecule has 0 atom stereocenters. The minimum absolute atomic E-state index is 0.00463. The van der Waals surface area contributed by atoms with Crippen LogP contribution in [0.15, 0.2) is 11.8 Å². The Bertz CT molecular complexity index is 441. The van der Waals surface area contributed by atoms with Crippen molar-refractivity contribution in [3.05, 3.63) is 11.8 Å². The van der Waals surface area contributed by atoms with Crippen molar-refractivity contribution in [2.45, 2.75) is 27.2 Å². The predicted molar refractivity (Wildman–Crippen MR) is 113 cm³/mol. The molecule has 0 radical (unpaired) electrons. The monoisotopic (exact) mass is 421 g/mol. The maximum absolute atomic E-state index is 9.96. The number of nitrogens with one attached hydrogen (secondary N) is 4. The van der Waals surface area contributed by atoms with Crippen LogP contribution in [0.2, 0.25) is 0 Å². The van der Waals surface area contributed by atoms with E-state index in [0.717, 1.165) is 0 Å². The van der Waals surface area contributed by atoms with Crippen LogP contribution in [0.3, 0.4) is 0 Å². The van der Waals surface area contributed by atoms with Crippen LogP contribution in [0.5, 0.6) is 0 Å². The number of carbonyl (C=O) groups is 4. The summed E-state index contributed by atoms with van der Waals surface area (Å²) >= 11 is 0. The molecule has 11 heteroatoms. The fourth-order valence-electron chi connectivity index (χ4n) is 1.03. The maximum atomic E-state index is 9.96. The van der Waals surface area contributed by atoms with E-state index in [-0.39, 0.29) is 17.9 Å². The van der Waals surface area contributed by atoms with Crippen LogP contribution in [0.4, 0.5) is 9.59 Å². The molecule has 1 aliphatic rings. The largest absolute Gasteiger partial charge is 0.469 e. The van der Waals surface area contributed by atoms with Crippen molar-refractivity contribution in [2.24, 2.45) is 0 Å². The van der Waals surface area contributed by atoms with Crippen molar-refractivity contribution in [1.29, 1.82) is 0 Å². The van der Waals surface area contributed by atoms with E-state index in [9.17, 15) is 19.2 Å². The minimum Gasteiger partial charge on any atom is -0.469 e. The molecule has 0 aromatic heterocycles. The fraction of sp³-hybridized carbons (Fsp3) is 0.667. The maximum Gasteiger partial charge on any atom is 0.406 e. The van der Waals surface area contributed by atoms with E-state index < -0.39 is 6.09 Å². The molecule has 29 heavy (non-hydrogen) atoms. The van der Waals surface area contributed by atoms with E-state index in [1.54, 1.807) is 21.1 Å². The number of hydrogen-bond acceptors (Lipinski definition) is 7. The summed E-state index contributed by atoms with van der Waals surface area (Å²) in [5.41, 5.74) is 1.42. The highest BCUT2D eigenvalue weighted by Crippen LogP contribution is 2.09. The van der Waals surface area contributed by atoms with E-state index in [2.05, 4.69) is 55.7 Å². The Balaban J connectivity index is -0.000000136. The van der Waals surface area contributed by atoms with E-state index in [1.807, 2.05) is 0 Å². The van der Waals surface area contributed by atoms with Gasteiger partial charge in [-0.3, -0.25) is 9.59 Å². The molecule has 0 saturated heterocycles. The number of carbonyl (C=O) groups excluding carboxylic acids is 4. The lowest BCUT2D eigenvalue weighted by atomic mass is 10.4. The third-order valence-corrected chi connectivity index (χ3v) is 2.99. The van der Waals surface area contributed by atoms with Crippen molar-refractivity contribution in [1.82, 2.24) is 26.2 Å². The van der Waals surface area contributed by atoms with Crippen LogP contribution in [0.25, 0.3) is 0 Å². The van der Waals surface area contributed by atoms with Gasteiger partial charge in [-0.1, -0.05) is 6.08 Å². The van der Waals surface area contributed by atoms with Gasteiger partial charge in [0.25, 0.3) is 0 Å². The van der Waals surface area contributed by atoms with Gasteiger partial charge >= 0.3 is 18.1 Å². The van der Waals surface area contributed by atoms with E-state index in [4.69, 9.17) is 0 Å². The Morgan fingerprint density at radius 3 is 1.34 bits per heavy atom. The van der Waals surface area contributed by atoms with Gasteiger partial charge in [-0.05, 0) is 13.3 Å². The zero-order valence-corrected chi connectivity index (χ0v) is 19.4. The quantitative estimate of drug-likeness (QED) is 0.422. The number of rotatable bonds is 0. The number of ether oxygens (including phenoxy) is 2. The fourth-order valence-corrected chi connectivity index (χ4v) is 1.03. The van der Waals surface area contributed by atoms with Crippen LogP contribution >= 0.6 is 0 Å². The summed E-state index contributed by atoms with van der Waals surface area (Å²) in [5, 5.41) is 9.37. The van der Waals surface area contributed by atoms with Gasteiger partial charge in [-0.15, -0.1) is 0 Å². The summed E-state index contributed by atoms with van der Waals surface area (Å²) < 4.78 is 8.26. The molecule has 1 aliphatic heterocycles. The van der Waals surface area contributed by atoms with Gasteiger partial charge < -0.3 is 35.6 Å². The first-order valence-electron chi connectivity index (χ1n) is 8.73. The predicted octanol–water partition coefficient (Wildman–Crippen LogP) is 0.675. The van der Waals surface area contributed by atoms with Gasteiger partial charge in [0.15, 0.2) is 0 Å². The number of alkyl carbamates (subject to hydrolysis) is 1. The van der Waals surface area contributed by atoms with E-state index in [1.165, 1.54) is 53.8 Å². The van der Waals surface area contributed by atoms with E-state index in [0.29, 0.717) is 0 Å². The molecule has 0 aliphatic carbocycles. The van der Waals surface area contributed by atoms with Gasteiger partial charge in [0.2, 0.25) is 5.91 Å². The Kier molecular flexibility index (Phi) is 29.0. The molecule has 0 bridgehead atoms. The van der Waals surface area contributed by atoms with Crippen molar-refractivity contribution in [3.8, 4) is 0 Å². The van der Waals surface area contributed by atoms with Crippen LogP contribution in [-0.4, -0.2) is 84.9 Å². The molecule has 1 rings (SSSR count). The van der Waals surface area contributed by atoms with Gasteiger partial charge in [0.1, 0.15) is 0 Å². The highest BCUT2D eigenvalue weighted by atomic mass is 16.5. The molecule has 0 spiro atoms. The summed E-state index contributed by atoms with van der Waals surface area (Å²) in [5.74, 6) is -0.241. The highest BCUT2D eigenvalue weighted by Gasteiger charge is 2.02. The molecule has 0 unspecified atom stereocenters. The van der Waals surface area contributed by atoms with Crippen molar-refractivity contribution < 1.29 is 28.7 Å². The zero-order chi connectivity index (χ0) is 23.8. The lowest BCUT2D eigenvalue weighted by Gasteiger charge is -2.10. The number of nitrogens with zero attached hydrogens (tertiary/aromatic N) is 1. The number of esters is 1. The molecule has 4 N–H and O–H groups in total. The Morgan fingerprint density at radius 1 is 0.897 bits per heavy atom. The molecule has 0 aromatic rings. The molecule has 172 valence electrons. The average Bonchev–Trinajstić information content (AvgIpc) is 3.10. The van der Waals surface area contributed by atoms with Crippen LogP contribution in [-0.2, 0) is 19.1 Å². The normalized spacial score (nSPS) is 10.1. The van der Waals surface area contributed by atoms with E-state index >= 15 is 0 Å². The molecule has 1 heterocycles. The lowest BCUT2D eigenvalue weighted by Crippen LogP contribution is -2.28. The molecule has 0 saturated carbocycles. The number of hydrogen-bond donors (Lipinski definition) is 4. The molecule has 0 fully saturated rings. The number of methoxy groups -OCH3 is 2. The third-order valence-electron chi connectivity index (χ3n) is 2.99. The number of urea groups is 1. The SMILES string of the molecule is CC1=CCCN1C.CNC(=O)NC.CNC(=O)OC.CNC(C)=O.COC(C)=O. The van der Waals surface area contributed by atoms with Gasteiger partial charge in [-0.25, -0.2) is 9.59 Å². The summed E-state index contributed by atoms with van der Waals surface area (Å²) in [7, 11) is 11.0. The Labute approximate surface area is 174 Å². The van der Waals surface area contributed by atoms with Gasteiger partial charge in [-0.2, -0.15) is 0 Å². The summed E-state index contributed by atoms with van der Waals surface area (Å²) in [4.78, 5) is 41.4. The second-order valence-electron chi connectivity index (χ2n) is 5.13. The number of allylic oxidation sites excluding steroid dienone is 1. The lowest BCUT2D eigenvalue weighted by molar-refractivity contribution is -0.138. The van der Waals surface area contributed by atoms with Crippen molar-refractivity contribution in [3.63, 3.8) is 0 Å². The molecular weight excluding hydrogens is 382 g/mol. The first-order chi connectivity index (χ1) is 13.5. The summed E-state index contributed by atoms with van der Waals surface area (Å²) in [6.45, 7) is 6.19. The first-order valence-corrected chi connectivity index (χ1v) is 8.73. The number of amides is 4. The highest BCUT2D eigenvalue weighted by molar-refractivity contribution is 5.73. The molecular formula is C18H39N5O6. The Morgan fingerprint density at radius 2 is 1.31 bits per heavy atom. The zero-order valence-electron chi connectivity index (χ0n) is 19.4. The second kappa shape index (κ2) is 25.0. The standard InChI is InChI=1S/C6H11N.C3H8N2O.C3H7NO2.C3H7NO.C3H6O2/c1-6-4-3-5-7(6)2;1-4-3(6)5-2;1-4-3(5)6-2;1-3(5)4-2;1-3(4)5-2/h4H,3,5H2,1-2H3;1-2H3,(H2,4,5,6);1-2H3,(H,4,5);1-2H3,(H,4,5);1-2H3. The van der Waals surface area contributed by atoms with Gasteiger partial charge in [0.05, 0.1) is 14.2 Å². The average molecular weight is 422 g/mol. The summed E-state index contributed by atoms with van der Waals surface area (Å²) in [6, 6.07) is -0.157. The van der Waals surface area contributed by atoms with Crippen molar-refractivity contribution in [2.75, 3.05) is 56.0 Å². The molecule has 0 aromatic carbocycles. The minimum atomic E-state index is -0.407. The van der Waals surface area contributed by atoms with Crippen LogP contribution in [0.1, 0.15) is 27.2 Å². The van der Waals surface area contributed by atoms with Crippen LogP contribution < -0.4 is 21.3 Å². The van der Waals surface area contributed by atoms with Gasteiger partial charge in [0, 0.05) is 61.3 Å². The third kappa shape index (κ3) is 36.7. The smallest absolute Gasteiger partial charge is 0.406 e. The van der Waals surface area contributed by atoms with Crippen LogP contribution in [0, 0.1) is 0 Å². The van der Waals surface area contributed by atoms with Crippen molar-refractivity contribution >= 4 is 24.0 Å². The first kappa shape index (κ1) is 33.6. The summed E-state index contributed by atoms with van der Waals surface area (Å²) in [6.07, 6.45) is 3.09.